The quantitative estimate of drug-likeness (QED) is 0.495. The SMILES string of the molecule is CCc1ccc(/C(C)=N\NC(=O)c2cc([N+](=O)[O-])ccc2OC)cc1. The van der Waals surface area contributed by atoms with Crippen LogP contribution in [-0.2, 0) is 6.42 Å². The number of carbonyl (C=O) groups excluding carboxylic acids is 1. The number of rotatable bonds is 6. The van der Waals surface area contributed by atoms with Crippen molar-refractivity contribution in [2.24, 2.45) is 5.10 Å². The average molecular weight is 341 g/mol. The molecule has 0 saturated carbocycles. The van der Waals surface area contributed by atoms with Gasteiger partial charge >= 0.3 is 0 Å². The number of methoxy groups -OCH3 is 1. The van der Waals surface area contributed by atoms with Crippen LogP contribution in [0.15, 0.2) is 47.6 Å². The first-order valence-corrected chi connectivity index (χ1v) is 7.72. The molecule has 0 radical (unpaired) electrons. The maximum absolute atomic E-state index is 12.3. The lowest BCUT2D eigenvalue weighted by atomic mass is 10.1. The van der Waals surface area contributed by atoms with E-state index in [9.17, 15) is 14.9 Å². The van der Waals surface area contributed by atoms with Crippen LogP contribution in [-0.4, -0.2) is 23.7 Å². The van der Waals surface area contributed by atoms with Gasteiger partial charge in [0.05, 0.1) is 23.3 Å². The molecule has 0 aromatic heterocycles. The van der Waals surface area contributed by atoms with Crippen LogP contribution < -0.4 is 10.2 Å². The minimum absolute atomic E-state index is 0.0505. The van der Waals surface area contributed by atoms with Gasteiger partial charge in [0.15, 0.2) is 0 Å². The van der Waals surface area contributed by atoms with Crippen LogP contribution in [0.4, 0.5) is 5.69 Å². The van der Waals surface area contributed by atoms with E-state index >= 15 is 0 Å². The Labute approximate surface area is 145 Å². The highest BCUT2D eigenvalue weighted by molar-refractivity contribution is 6.01. The molecule has 0 aliphatic carbocycles. The van der Waals surface area contributed by atoms with Crippen molar-refractivity contribution in [3.63, 3.8) is 0 Å². The van der Waals surface area contributed by atoms with Gasteiger partial charge in [-0.1, -0.05) is 31.2 Å². The van der Waals surface area contributed by atoms with Crippen LogP contribution in [0, 0.1) is 10.1 Å². The molecule has 0 spiro atoms. The number of nitro benzene ring substituents is 1. The summed E-state index contributed by atoms with van der Waals surface area (Å²) < 4.78 is 5.09. The van der Waals surface area contributed by atoms with Crippen molar-refractivity contribution in [3.05, 3.63) is 69.3 Å². The fourth-order valence-electron chi connectivity index (χ4n) is 2.23. The number of hydrogen-bond donors (Lipinski definition) is 1. The summed E-state index contributed by atoms with van der Waals surface area (Å²) in [6.07, 6.45) is 0.944. The molecule has 0 heterocycles. The van der Waals surface area contributed by atoms with Crippen molar-refractivity contribution >= 4 is 17.3 Å². The normalized spacial score (nSPS) is 11.1. The zero-order valence-corrected chi connectivity index (χ0v) is 14.3. The van der Waals surface area contributed by atoms with Gasteiger partial charge in [0, 0.05) is 12.1 Å². The maximum atomic E-state index is 12.3. The Bertz CT molecular complexity index is 814. The number of nitro groups is 1. The largest absolute Gasteiger partial charge is 0.496 e. The lowest BCUT2D eigenvalue weighted by molar-refractivity contribution is -0.384. The molecular formula is C18H19N3O4. The topological polar surface area (TPSA) is 93.8 Å². The van der Waals surface area contributed by atoms with Crippen molar-refractivity contribution in [1.82, 2.24) is 5.43 Å². The molecule has 1 amide bonds. The van der Waals surface area contributed by atoms with Crippen molar-refractivity contribution in [2.75, 3.05) is 7.11 Å². The standard InChI is InChI=1S/C18H19N3O4/c1-4-13-5-7-14(8-6-13)12(2)19-20-18(22)16-11-15(21(23)24)9-10-17(16)25-3/h5-11H,4H2,1-3H3,(H,20,22)/b19-12-. The van der Waals surface area contributed by atoms with Crippen molar-refractivity contribution in [1.29, 1.82) is 0 Å². The molecule has 0 aliphatic rings. The first-order chi connectivity index (χ1) is 12.0. The first kappa shape index (κ1) is 18.1. The van der Waals surface area contributed by atoms with Gasteiger partial charge in [0.1, 0.15) is 5.75 Å². The Morgan fingerprint density at radius 1 is 1.24 bits per heavy atom. The Kier molecular flexibility index (Phi) is 5.84. The number of non-ortho nitro benzene ring substituents is 1. The van der Waals surface area contributed by atoms with Gasteiger partial charge in [0.25, 0.3) is 11.6 Å². The van der Waals surface area contributed by atoms with Crippen LogP contribution in [0.1, 0.15) is 35.3 Å². The molecule has 25 heavy (non-hydrogen) atoms. The third-order valence-corrected chi connectivity index (χ3v) is 3.74. The number of aryl methyl sites for hydroxylation is 1. The molecule has 0 aliphatic heterocycles. The average Bonchev–Trinajstić information content (AvgIpc) is 2.65. The highest BCUT2D eigenvalue weighted by atomic mass is 16.6. The molecule has 7 heteroatoms. The molecule has 2 rings (SSSR count). The molecule has 0 bridgehead atoms. The van der Waals surface area contributed by atoms with Crippen LogP contribution in [0.5, 0.6) is 5.75 Å². The monoisotopic (exact) mass is 341 g/mol. The summed E-state index contributed by atoms with van der Waals surface area (Å²) in [7, 11) is 1.39. The van der Waals surface area contributed by atoms with Crippen molar-refractivity contribution in [2.45, 2.75) is 20.3 Å². The van der Waals surface area contributed by atoms with Crippen LogP contribution >= 0.6 is 0 Å². The zero-order valence-electron chi connectivity index (χ0n) is 14.3. The van der Waals surface area contributed by atoms with Gasteiger partial charge in [-0.15, -0.1) is 0 Å². The molecule has 2 aromatic carbocycles. The number of hydrazone groups is 1. The molecule has 130 valence electrons. The summed E-state index contributed by atoms with van der Waals surface area (Å²) in [5.74, 6) is -0.340. The van der Waals surface area contributed by atoms with Gasteiger partial charge in [-0.05, 0) is 30.5 Å². The van der Waals surface area contributed by atoms with Gasteiger partial charge in [-0.25, -0.2) is 5.43 Å². The summed E-state index contributed by atoms with van der Waals surface area (Å²) in [6, 6.07) is 11.7. The summed E-state index contributed by atoms with van der Waals surface area (Å²) in [4.78, 5) is 22.6. The molecular weight excluding hydrogens is 322 g/mol. The van der Waals surface area contributed by atoms with Crippen molar-refractivity contribution in [3.8, 4) is 5.75 Å². The minimum Gasteiger partial charge on any atom is -0.496 e. The summed E-state index contributed by atoms with van der Waals surface area (Å²) in [5, 5.41) is 15.0. The summed E-state index contributed by atoms with van der Waals surface area (Å²) in [6.45, 7) is 3.84. The number of amides is 1. The molecule has 0 fully saturated rings. The fraction of sp³-hybridized carbons (Fsp3) is 0.222. The fourth-order valence-corrected chi connectivity index (χ4v) is 2.23. The smallest absolute Gasteiger partial charge is 0.275 e. The van der Waals surface area contributed by atoms with Crippen LogP contribution in [0.3, 0.4) is 0 Å². The van der Waals surface area contributed by atoms with E-state index in [1.54, 1.807) is 6.92 Å². The van der Waals surface area contributed by atoms with E-state index < -0.39 is 10.8 Å². The number of hydrogen-bond acceptors (Lipinski definition) is 5. The molecule has 0 atom stereocenters. The van der Waals surface area contributed by atoms with E-state index in [-0.39, 0.29) is 17.0 Å². The molecule has 0 saturated heterocycles. The van der Waals surface area contributed by atoms with Gasteiger partial charge in [0.2, 0.25) is 0 Å². The molecule has 2 aromatic rings. The van der Waals surface area contributed by atoms with Gasteiger partial charge in [-0.2, -0.15) is 5.10 Å². The second kappa shape index (κ2) is 8.05. The predicted molar refractivity (Wildman–Crippen MR) is 95.1 cm³/mol. The Morgan fingerprint density at radius 3 is 2.48 bits per heavy atom. The van der Waals surface area contributed by atoms with E-state index in [0.717, 1.165) is 18.1 Å². The van der Waals surface area contributed by atoms with E-state index in [4.69, 9.17) is 4.74 Å². The third-order valence-electron chi connectivity index (χ3n) is 3.74. The first-order valence-electron chi connectivity index (χ1n) is 7.72. The summed E-state index contributed by atoms with van der Waals surface area (Å²) in [5.41, 5.74) is 4.98. The Balaban J connectivity index is 2.20. The lowest BCUT2D eigenvalue weighted by Gasteiger charge is -2.08. The number of carbonyl (C=O) groups is 1. The van der Waals surface area contributed by atoms with E-state index in [0.29, 0.717) is 5.71 Å². The third kappa shape index (κ3) is 4.41. The number of nitrogens with one attached hydrogen (secondary N) is 1. The highest BCUT2D eigenvalue weighted by Crippen LogP contribution is 2.23. The number of ether oxygens (including phenoxy) is 1. The highest BCUT2D eigenvalue weighted by Gasteiger charge is 2.17. The van der Waals surface area contributed by atoms with Gasteiger partial charge in [-0.3, -0.25) is 14.9 Å². The second-order valence-electron chi connectivity index (χ2n) is 5.33. The van der Waals surface area contributed by atoms with E-state index in [1.807, 2.05) is 24.3 Å². The second-order valence-corrected chi connectivity index (χ2v) is 5.33. The number of benzene rings is 2. The molecule has 0 unspecified atom stereocenters. The Morgan fingerprint density at radius 2 is 1.92 bits per heavy atom. The van der Waals surface area contributed by atoms with Crippen LogP contribution in [0.25, 0.3) is 0 Å². The number of nitrogens with zero attached hydrogens (tertiary/aromatic N) is 2. The molecule has 7 nitrogen and oxygen atoms in total. The minimum atomic E-state index is -0.579. The van der Waals surface area contributed by atoms with Crippen LogP contribution in [0.2, 0.25) is 0 Å². The van der Waals surface area contributed by atoms with Gasteiger partial charge < -0.3 is 4.74 Å². The zero-order chi connectivity index (χ0) is 18.4. The van der Waals surface area contributed by atoms with E-state index in [2.05, 4.69) is 17.5 Å². The predicted octanol–water partition coefficient (Wildman–Crippen LogP) is 3.32. The van der Waals surface area contributed by atoms with Crippen molar-refractivity contribution < 1.29 is 14.5 Å². The molecule has 1 N–H and O–H groups in total. The maximum Gasteiger partial charge on any atom is 0.275 e. The van der Waals surface area contributed by atoms with E-state index in [1.165, 1.54) is 24.8 Å². The summed E-state index contributed by atoms with van der Waals surface area (Å²) >= 11 is 0. The lowest BCUT2D eigenvalue weighted by Crippen LogP contribution is -2.20. The Hall–Kier alpha value is -3.22.